The lowest BCUT2D eigenvalue weighted by molar-refractivity contribution is -0.139. The molecule has 0 saturated carbocycles. The number of urea groups is 1. The summed E-state index contributed by atoms with van der Waals surface area (Å²) in [5, 5.41) is 11.4. The first-order valence-electron chi connectivity index (χ1n) is 6.12. The molecular weight excluding hydrogens is 250 g/mol. The number of hydrogen-bond acceptors (Lipinski definition) is 3. The molecule has 1 heterocycles. The summed E-state index contributed by atoms with van der Waals surface area (Å²) in [4.78, 5) is 35.0. The van der Waals surface area contributed by atoms with Gasteiger partial charge in [-0.2, -0.15) is 0 Å². The molecule has 3 amide bonds. The smallest absolute Gasteiger partial charge is 0.326 e. The Hall–Kier alpha value is -2.05. The largest absolute Gasteiger partial charge is 0.480 e. The highest BCUT2D eigenvalue weighted by molar-refractivity contribution is 5.83. The molecule has 0 aromatic rings. The van der Waals surface area contributed by atoms with E-state index in [0.717, 1.165) is 6.42 Å². The van der Waals surface area contributed by atoms with Gasteiger partial charge in [0.2, 0.25) is 5.91 Å². The molecule has 1 aliphatic heterocycles. The lowest BCUT2D eigenvalue weighted by Gasteiger charge is -2.27. The van der Waals surface area contributed by atoms with Gasteiger partial charge in [-0.15, -0.1) is 0 Å². The van der Waals surface area contributed by atoms with E-state index in [2.05, 4.69) is 5.32 Å². The molecule has 106 valence electrons. The van der Waals surface area contributed by atoms with Crippen molar-refractivity contribution in [3.8, 4) is 0 Å². The van der Waals surface area contributed by atoms with Gasteiger partial charge in [0.1, 0.15) is 6.04 Å². The molecule has 4 N–H and O–H groups in total. The number of carboxylic acid groups (broad SMARTS) is 1. The quantitative estimate of drug-likeness (QED) is 0.613. The number of carbonyl (C=O) groups excluding carboxylic acids is 2. The third-order valence-corrected chi connectivity index (χ3v) is 3.00. The van der Waals surface area contributed by atoms with E-state index >= 15 is 0 Å². The van der Waals surface area contributed by atoms with Gasteiger partial charge in [-0.25, -0.2) is 9.59 Å². The van der Waals surface area contributed by atoms with E-state index in [1.54, 1.807) is 0 Å². The number of rotatable bonds is 5. The highest BCUT2D eigenvalue weighted by Crippen LogP contribution is 2.10. The van der Waals surface area contributed by atoms with Gasteiger partial charge < -0.3 is 21.1 Å². The summed E-state index contributed by atoms with van der Waals surface area (Å²) in [5.41, 5.74) is 6.18. The highest BCUT2D eigenvalue weighted by Gasteiger charge is 2.24. The maximum absolute atomic E-state index is 11.9. The molecule has 0 radical (unpaired) electrons. The molecule has 1 atom stereocenters. The second kappa shape index (κ2) is 6.77. The molecular formula is C12H19N3O4. The lowest BCUT2D eigenvalue weighted by atomic mass is 10.1. The maximum Gasteiger partial charge on any atom is 0.326 e. The van der Waals surface area contributed by atoms with Crippen LogP contribution in [0, 0.1) is 0 Å². The summed E-state index contributed by atoms with van der Waals surface area (Å²) in [6.07, 6.45) is 2.64. The molecule has 1 rings (SSSR count). The van der Waals surface area contributed by atoms with Crippen LogP contribution in [0.15, 0.2) is 11.6 Å². The molecule has 1 aliphatic rings. The minimum Gasteiger partial charge on any atom is -0.480 e. The number of hydrogen-bond donors (Lipinski definition) is 3. The van der Waals surface area contributed by atoms with Gasteiger partial charge in [0.25, 0.3) is 0 Å². The van der Waals surface area contributed by atoms with Crippen LogP contribution < -0.4 is 11.1 Å². The molecule has 0 unspecified atom stereocenters. The van der Waals surface area contributed by atoms with Crippen LogP contribution in [0.25, 0.3) is 0 Å². The van der Waals surface area contributed by atoms with Crippen molar-refractivity contribution in [1.29, 1.82) is 0 Å². The van der Waals surface area contributed by atoms with Gasteiger partial charge >= 0.3 is 12.0 Å². The fourth-order valence-corrected chi connectivity index (χ4v) is 1.74. The van der Waals surface area contributed by atoms with E-state index in [1.807, 2.05) is 13.0 Å². The van der Waals surface area contributed by atoms with E-state index in [9.17, 15) is 14.4 Å². The van der Waals surface area contributed by atoms with Crippen molar-refractivity contribution in [1.82, 2.24) is 10.2 Å². The Kier molecular flexibility index (Phi) is 5.35. The van der Waals surface area contributed by atoms with Crippen LogP contribution in [0.1, 0.15) is 26.2 Å². The van der Waals surface area contributed by atoms with Crippen LogP contribution in [-0.2, 0) is 9.59 Å². The monoisotopic (exact) mass is 269 g/mol. The Morgan fingerprint density at radius 1 is 1.53 bits per heavy atom. The van der Waals surface area contributed by atoms with Crippen molar-refractivity contribution in [3.05, 3.63) is 11.6 Å². The van der Waals surface area contributed by atoms with E-state index in [-0.39, 0.29) is 12.8 Å². The first-order valence-corrected chi connectivity index (χ1v) is 6.12. The number of nitrogens with zero attached hydrogens (tertiary/aromatic N) is 1. The summed E-state index contributed by atoms with van der Waals surface area (Å²) in [5.74, 6) is -1.75. The maximum atomic E-state index is 11.9. The molecule has 7 nitrogen and oxygen atoms in total. The van der Waals surface area contributed by atoms with Crippen molar-refractivity contribution in [2.45, 2.75) is 32.2 Å². The molecule has 0 aromatic carbocycles. The van der Waals surface area contributed by atoms with Gasteiger partial charge in [0.15, 0.2) is 0 Å². The number of primary amides is 1. The predicted octanol–water partition coefficient (Wildman–Crippen LogP) is 0.0667. The zero-order valence-corrected chi connectivity index (χ0v) is 10.9. The Balaban J connectivity index is 2.51. The van der Waals surface area contributed by atoms with Crippen LogP contribution in [0.3, 0.4) is 0 Å². The first kappa shape index (κ1) is 15.0. The van der Waals surface area contributed by atoms with Crippen molar-refractivity contribution in [2.75, 3.05) is 13.1 Å². The van der Waals surface area contributed by atoms with Crippen molar-refractivity contribution < 1.29 is 19.5 Å². The van der Waals surface area contributed by atoms with Gasteiger partial charge in [-0.3, -0.25) is 4.79 Å². The van der Waals surface area contributed by atoms with Crippen LogP contribution in [-0.4, -0.2) is 47.0 Å². The normalized spacial score (nSPS) is 16.5. The molecule has 0 aliphatic carbocycles. The Morgan fingerprint density at radius 3 is 2.68 bits per heavy atom. The number of amides is 3. The number of aliphatic carboxylic acids is 1. The number of carbonyl (C=O) groups is 3. The summed E-state index contributed by atoms with van der Waals surface area (Å²) in [6.45, 7) is 3.03. The number of nitrogens with two attached hydrogens (primary N) is 1. The van der Waals surface area contributed by atoms with E-state index in [4.69, 9.17) is 10.8 Å². The minimum atomic E-state index is -1.17. The van der Waals surface area contributed by atoms with E-state index < -0.39 is 23.9 Å². The molecule has 0 spiro atoms. The fraction of sp³-hybridized carbons (Fsp3) is 0.583. The summed E-state index contributed by atoms with van der Waals surface area (Å²) < 4.78 is 0. The molecule has 19 heavy (non-hydrogen) atoms. The van der Waals surface area contributed by atoms with Crippen LogP contribution in [0.4, 0.5) is 4.79 Å². The van der Waals surface area contributed by atoms with Crippen molar-refractivity contribution in [3.63, 3.8) is 0 Å². The van der Waals surface area contributed by atoms with Crippen molar-refractivity contribution in [2.24, 2.45) is 5.73 Å². The first-order chi connectivity index (χ1) is 8.90. The molecule has 0 fully saturated rings. The standard InChI is InChI=1S/C12H19N3O4/c1-8-4-6-15(7-5-8)12(19)14-9(11(17)18)2-3-10(13)16/h4,9H,2-3,5-7H2,1H3,(H2,13,16)(H,14,19)(H,17,18)/t9-/m1/s1. The number of nitrogens with one attached hydrogen (secondary N) is 1. The average molecular weight is 269 g/mol. The van der Waals surface area contributed by atoms with Crippen LogP contribution in [0.5, 0.6) is 0 Å². The minimum absolute atomic E-state index is 0.000879. The third-order valence-electron chi connectivity index (χ3n) is 3.00. The van der Waals surface area contributed by atoms with Crippen LogP contribution >= 0.6 is 0 Å². The molecule has 7 heteroatoms. The molecule has 0 aromatic heterocycles. The average Bonchev–Trinajstić information content (AvgIpc) is 2.34. The topological polar surface area (TPSA) is 113 Å². The number of carboxylic acids is 1. The van der Waals surface area contributed by atoms with Gasteiger partial charge in [-0.1, -0.05) is 11.6 Å². The fourth-order valence-electron chi connectivity index (χ4n) is 1.74. The summed E-state index contributed by atoms with van der Waals surface area (Å²) >= 11 is 0. The van der Waals surface area contributed by atoms with Gasteiger partial charge in [0, 0.05) is 19.5 Å². The lowest BCUT2D eigenvalue weighted by Crippen LogP contribution is -2.49. The summed E-state index contributed by atoms with van der Waals surface area (Å²) in [6, 6.07) is -1.52. The molecule has 0 saturated heterocycles. The third kappa shape index (κ3) is 4.99. The van der Waals surface area contributed by atoms with Gasteiger partial charge in [0.05, 0.1) is 0 Å². The zero-order chi connectivity index (χ0) is 14.4. The van der Waals surface area contributed by atoms with Gasteiger partial charge in [-0.05, 0) is 19.8 Å². The van der Waals surface area contributed by atoms with E-state index in [1.165, 1.54) is 10.5 Å². The molecule has 0 bridgehead atoms. The highest BCUT2D eigenvalue weighted by atomic mass is 16.4. The zero-order valence-electron chi connectivity index (χ0n) is 10.9. The second-order valence-corrected chi connectivity index (χ2v) is 4.59. The van der Waals surface area contributed by atoms with Crippen molar-refractivity contribution >= 4 is 17.9 Å². The Labute approximate surface area is 111 Å². The van der Waals surface area contributed by atoms with Crippen LogP contribution in [0.2, 0.25) is 0 Å². The predicted molar refractivity (Wildman–Crippen MR) is 68.3 cm³/mol. The second-order valence-electron chi connectivity index (χ2n) is 4.59. The summed E-state index contributed by atoms with van der Waals surface area (Å²) in [7, 11) is 0. The Bertz CT molecular complexity index is 406. The SMILES string of the molecule is CC1=CCN(C(=O)N[C@H](CCC(N)=O)C(=O)O)CC1. The van der Waals surface area contributed by atoms with E-state index in [0.29, 0.717) is 13.1 Å². The Morgan fingerprint density at radius 2 is 2.21 bits per heavy atom.